The third-order valence-electron chi connectivity index (χ3n) is 6.70. The fraction of sp³-hybridized carbons (Fsp3) is 0.556. The first-order valence-electron chi connectivity index (χ1n) is 13.7. The predicted octanol–water partition coefficient (Wildman–Crippen LogP) is 4.62. The van der Waals surface area contributed by atoms with Crippen molar-refractivity contribution >= 4 is 14.2 Å². The zero-order valence-corrected chi connectivity index (χ0v) is 25.2. The molecule has 12 nitrogen and oxygen atoms in total. The molecule has 1 aliphatic rings. The van der Waals surface area contributed by atoms with Gasteiger partial charge in [0.25, 0.3) is 0 Å². The van der Waals surface area contributed by atoms with Gasteiger partial charge >= 0.3 is 6.09 Å². The van der Waals surface area contributed by atoms with E-state index in [2.05, 4.69) is 46.3 Å². The standard InChI is InChI=1S/C27H37FN8O4Si/c1-19(2)40-27(37)34-10-8-22(9-11-34)36-24(15-29)21(16-30-36)17-39-25-7-6-20(14-23(25)28)26-31-32-33-35(26)18-38-12-13-41(3,4)5/h6-7,14,16,19,22H,8-13,17-18H2,1-5H3. The number of hydrogen-bond donors (Lipinski definition) is 0. The van der Waals surface area contributed by atoms with Crippen LogP contribution in [0.25, 0.3) is 11.4 Å². The van der Waals surface area contributed by atoms with Gasteiger partial charge in [0.15, 0.2) is 17.4 Å². The summed E-state index contributed by atoms with van der Waals surface area (Å²) in [5.41, 5.74) is 1.40. The first kappa shape index (κ1) is 30.1. The van der Waals surface area contributed by atoms with E-state index in [4.69, 9.17) is 14.2 Å². The SMILES string of the molecule is CC(C)OC(=O)N1CCC(n2ncc(COc3ccc(-c4nnnn4COCC[Si](C)(C)C)cc3F)c2C#N)CC1. The van der Waals surface area contributed by atoms with Crippen molar-refractivity contribution in [2.75, 3.05) is 19.7 Å². The lowest BCUT2D eigenvalue weighted by atomic mass is 10.1. The second-order valence-corrected chi connectivity index (χ2v) is 17.1. The fourth-order valence-corrected chi connectivity index (χ4v) is 5.17. The van der Waals surface area contributed by atoms with Crippen LogP contribution in [0.15, 0.2) is 24.4 Å². The molecule has 0 unspecified atom stereocenters. The first-order valence-corrected chi connectivity index (χ1v) is 17.4. The number of ether oxygens (including phenoxy) is 3. The molecule has 0 atom stereocenters. The lowest BCUT2D eigenvalue weighted by molar-refractivity contribution is 0.0652. The number of piperidine rings is 1. The zero-order valence-electron chi connectivity index (χ0n) is 24.2. The zero-order chi connectivity index (χ0) is 29.6. The normalized spacial score (nSPS) is 14.3. The van der Waals surface area contributed by atoms with Crippen molar-refractivity contribution in [1.82, 2.24) is 34.9 Å². The van der Waals surface area contributed by atoms with Crippen molar-refractivity contribution in [3.05, 3.63) is 41.5 Å². The van der Waals surface area contributed by atoms with Gasteiger partial charge in [-0.05, 0) is 61.4 Å². The number of likely N-dealkylation sites (tertiary alicyclic amines) is 1. The molecule has 0 saturated carbocycles. The first-order chi connectivity index (χ1) is 19.6. The Balaban J connectivity index is 1.36. The number of amides is 1. The van der Waals surface area contributed by atoms with Gasteiger partial charge in [-0.2, -0.15) is 15.0 Å². The monoisotopic (exact) mass is 584 g/mol. The van der Waals surface area contributed by atoms with E-state index in [9.17, 15) is 10.1 Å². The number of rotatable bonds is 11. The van der Waals surface area contributed by atoms with Crippen LogP contribution in [-0.2, 0) is 22.8 Å². The molecule has 3 heterocycles. The van der Waals surface area contributed by atoms with E-state index in [0.717, 1.165) is 6.04 Å². The summed E-state index contributed by atoms with van der Waals surface area (Å²) in [5, 5.41) is 26.0. The molecule has 1 aromatic carbocycles. The Kier molecular flexibility index (Phi) is 9.72. The molecular weight excluding hydrogens is 547 g/mol. The minimum Gasteiger partial charge on any atom is -0.486 e. The number of halogens is 1. The van der Waals surface area contributed by atoms with Gasteiger partial charge in [-0.3, -0.25) is 4.68 Å². The van der Waals surface area contributed by atoms with Crippen molar-refractivity contribution in [2.45, 2.75) is 77.9 Å². The van der Waals surface area contributed by atoms with Gasteiger partial charge < -0.3 is 19.1 Å². The van der Waals surface area contributed by atoms with Crippen LogP contribution in [0.1, 0.15) is 44.0 Å². The van der Waals surface area contributed by atoms with Crippen molar-refractivity contribution < 1.29 is 23.4 Å². The molecule has 0 N–H and O–H groups in total. The highest BCUT2D eigenvalue weighted by Gasteiger charge is 2.28. The van der Waals surface area contributed by atoms with Crippen molar-refractivity contribution in [3.8, 4) is 23.2 Å². The Morgan fingerprint density at radius 1 is 1.24 bits per heavy atom. The van der Waals surface area contributed by atoms with Gasteiger partial charge in [0.05, 0.1) is 18.3 Å². The third-order valence-corrected chi connectivity index (χ3v) is 8.40. The van der Waals surface area contributed by atoms with Crippen LogP contribution in [0.5, 0.6) is 5.75 Å². The molecule has 1 amide bonds. The third kappa shape index (κ3) is 7.89. The summed E-state index contributed by atoms with van der Waals surface area (Å²) in [7, 11) is -1.22. The lowest BCUT2D eigenvalue weighted by Crippen LogP contribution is -2.40. The topological polar surface area (TPSA) is 133 Å². The average Bonchev–Trinajstić information content (AvgIpc) is 3.56. The molecule has 1 aliphatic heterocycles. The number of carbonyl (C=O) groups is 1. The van der Waals surface area contributed by atoms with Crippen molar-refractivity contribution in [1.29, 1.82) is 5.26 Å². The number of hydrogen-bond acceptors (Lipinski definition) is 9. The molecule has 1 fully saturated rings. The molecule has 41 heavy (non-hydrogen) atoms. The maximum atomic E-state index is 15.0. The molecule has 4 rings (SSSR count). The van der Waals surface area contributed by atoms with Crippen molar-refractivity contribution in [2.24, 2.45) is 0 Å². The van der Waals surface area contributed by atoms with Crippen LogP contribution in [0.2, 0.25) is 25.7 Å². The number of aromatic nitrogens is 6. The highest BCUT2D eigenvalue weighted by molar-refractivity contribution is 6.76. The summed E-state index contributed by atoms with van der Waals surface area (Å²) in [5.74, 6) is -0.156. The second-order valence-electron chi connectivity index (χ2n) is 11.5. The molecule has 1 saturated heterocycles. The molecule has 0 radical (unpaired) electrons. The number of benzene rings is 1. The van der Waals surface area contributed by atoms with Crippen LogP contribution in [0.3, 0.4) is 0 Å². The van der Waals surface area contributed by atoms with Crippen LogP contribution < -0.4 is 4.74 Å². The molecule has 0 aliphatic carbocycles. The van der Waals surface area contributed by atoms with Crippen molar-refractivity contribution in [3.63, 3.8) is 0 Å². The van der Waals surface area contributed by atoms with Crippen LogP contribution in [-0.4, -0.2) is 74.9 Å². The van der Waals surface area contributed by atoms with Crippen LogP contribution >= 0.6 is 0 Å². The van der Waals surface area contributed by atoms with Gasteiger partial charge in [-0.25, -0.2) is 9.18 Å². The van der Waals surface area contributed by atoms with E-state index >= 15 is 4.39 Å². The predicted molar refractivity (Wildman–Crippen MR) is 150 cm³/mol. The van der Waals surface area contributed by atoms with Crippen LogP contribution in [0.4, 0.5) is 9.18 Å². The Hall–Kier alpha value is -3.83. The maximum absolute atomic E-state index is 15.0. The Morgan fingerprint density at radius 2 is 2.00 bits per heavy atom. The summed E-state index contributed by atoms with van der Waals surface area (Å²) < 4.78 is 34.9. The van der Waals surface area contributed by atoms with Gasteiger partial charge in [0.1, 0.15) is 25.1 Å². The van der Waals surface area contributed by atoms with E-state index in [1.165, 1.54) is 16.8 Å². The molecule has 0 spiro atoms. The lowest BCUT2D eigenvalue weighted by Gasteiger charge is -2.32. The summed E-state index contributed by atoms with van der Waals surface area (Å²) in [6.07, 6.45) is 2.34. The minimum atomic E-state index is -1.22. The number of carbonyl (C=O) groups excluding carboxylic acids is 1. The Labute approximate surface area is 240 Å². The molecular formula is C27H37FN8O4Si. The van der Waals surface area contributed by atoms with Gasteiger partial charge in [0, 0.05) is 38.9 Å². The minimum absolute atomic E-state index is 0.0264. The van der Waals surface area contributed by atoms with E-state index in [0.29, 0.717) is 55.2 Å². The smallest absolute Gasteiger partial charge is 0.410 e. The van der Waals surface area contributed by atoms with E-state index in [1.807, 2.05) is 13.8 Å². The summed E-state index contributed by atoms with van der Waals surface area (Å²) in [4.78, 5) is 13.8. The highest BCUT2D eigenvalue weighted by atomic mass is 28.3. The largest absolute Gasteiger partial charge is 0.486 e. The summed E-state index contributed by atoms with van der Waals surface area (Å²) in [6, 6.07) is 7.68. The number of nitrogens with zero attached hydrogens (tertiary/aromatic N) is 8. The highest BCUT2D eigenvalue weighted by Crippen LogP contribution is 2.28. The molecule has 3 aromatic rings. The summed E-state index contributed by atoms with van der Waals surface area (Å²) >= 11 is 0. The quantitative estimate of drug-likeness (QED) is 0.234. The van der Waals surface area contributed by atoms with E-state index in [1.54, 1.807) is 21.8 Å². The van der Waals surface area contributed by atoms with E-state index < -0.39 is 13.9 Å². The Bertz CT molecular complexity index is 1370. The molecule has 2 aromatic heterocycles. The molecule has 14 heteroatoms. The second kappa shape index (κ2) is 13.2. The Morgan fingerprint density at radius 3 is 2.66 bits per heavy atom. The fourth-order valence-electron chi connectivity index (χ4n) is 4.41. The number of nitriles is 1. The molecule has 220 valence electrons. The number of tetrazole rings is 1. The van der Waals surface area contributed by atoms with Gasteiger partial charge in [-0.1, -0.05) is 19.6 Å². The van der Waals surface area contributed by atoms with E-state index in [-0.39, 0.29) is 37.3 Å². The van der Waals surface area contributed by atoms with Crippen LogP contribution in [0, 0.1) is 17.1 Å². The summed E-state index contributed by atoms with van der Waals surface area (Å²) in [6.45, 7) is 12.2. The maximum Gasteiger partial charge on any atom is 0.410 e. The molecule has 0 bridgehead atoms. The van der Waals surface area contributed by atoms with Gasteiger partial charge in [0.2, 0.25) is 0 Å². The van der Waals surface area contributed by atoms with Gasteiger partial charge in [-0.15, -0.1) is 5.10 Å². The average molecular weight is 585 g/mol.